The molecule has 4 rings (SSSR count). The van der Waals surface area contributed by atoms with Crippen LogP contribution >= 0.6 is 0 Å². The third kappa shape index (κ3) is 4.62. The van der Waals surface area contributed by atoms with E-state index in [0.29, 0.717) is 35.9 Å². The molecule has 0 spiro atoms. The van der Waals surface area contributed by atoms with Gasteiger partial charge in [0.15, 0.2) is 5.82 Å². The van der Waals surface area contributed by atoms with Crippen molar-refractivity contribution in [2.24, 2.45) is 5.92 Å². The summed E-state index contributed by atoms with van der Waals surface area (Å²) in [7, 11) is -4.15. The van der Waals surface area contributed by atoms with Crippen LogP contribution in [0, 0.1) is 5.92 Å². The third-order valence-corrected chi connectivity index (χ3v) is 7.14. The summed E-state index contributed by atoms with van der Waals surface area (Å²) in [6.45, 7) is 4.41. The number of nitrogens with zero attached hydrogens (tertiary/aromatic N) is 4. The smallest absolute Gasteiger partial charge is 0.302 e. The molecule has 178 valence electrons. The van der Waals surface area contributed by atoms with E-state index in [9.17, 15) is 22.0 Å². The molecule has 1 aliphatic rings. The van der Waals surface area contributed by atoms with Crippen molar-refractivity contribution >= 4 is 27.0 Å². The van der Waals surface area contributed by atoms with E-state index in [4.69, 9.17) is 4.74 Å². The Morgan fingerprint density at radius 2 is 2.03 bits per heavy atom. The summed E-state index contributed by atoms with van der Waals surface area (Å²) in [5, 5.41) is 6.37. The number of carbonyl (C=O) groups excluding carboxylic acids is 1. The molecule has 3 aromatic rings. The number of fused-ring (bicyclic) bond motifs is 1. The molecule has 1 amide bonds. The van der Waals surface area contributed by atoms with Crippen LogP contribution in [0.1, 0.15) is 42.9 Å². The highest BCUT2D eigenvalue weighted by Gasteiger charge is 2.33. The lowest BCUT2D eigenvalue weighted by atomic mass is 10.00. The number of halogens is 2. The quantitative estimate of drug-likeness (QED) is 0.556. The zero-order valence-electron chi connectivity index (χ0n) is 18.3. The Morgan fingerprint density at radius 3 is 2.70 bits per heavy atom. The molecule has 0 bridgehead atoms. The number of rotatable bonds is 7. The lowest BCUT2D eigenvalue weighted by molar-refractivity contribution is 0.00222. The molecule has 0 unspecified atom stereocenters. The van der Waals surface area contributed by atoms with Crippen LogP contribution in [0.5, 0.6) is 0 Å². The number of ether oxygens (including phenoxy) is 1. The highest BCUT2D eigenvalue weighted by Crippen LogP contribution is 2.32. The molecule has 1 N–H and O–H groups in total. The van der Waals surface area contributed by atoms with Gasteiger partial charge in [-0.3, -0.25) is 4.79 Å². The molecule has 0 radical (unpaired) electrons. The van der Waals surface area contributed by atoms with E-state index in [0.717, 1.165) is 32.2 Å². The molecule has 0 aliphatic carbocycles. The summed E-state index contributed by atoms with van der Waals surface area (Å²) < 4.78 is 62.4. The van der Waals surface area contributed by atoms with Gasteiger partial charge in [-0.15, -0.1) is 0 Å². The molecule has 12 heteroatoms. The highest BCUT2D eigenvalue weighted by atomic mass is 32.2. The molecule has 1 aromatic carbocycles. The minimum absolute atomic E-state index is 0.0927. The second kappa shape index (κ2) is 8.82. The SMILES string of the molecule is CCNC(=O)c1cnn(S(=O)(=O)c2ccc3c(c2)nc(C(C)(F)F)n3CC2CCOCC2)c1. The summed E-state index contributed by atoms with van der Waals surface area (Å²) in [5.74, 6) is -3.89. The fourth-order valence-electron chi connectivity index (χ4n) is 3.90. The van der Waals surface area contributed by atoms with Gasteiger partial charge in [-0.25, -0.2) is 4.98 Å². The van der Waals surface area contributed by atoms with Crippen molar-refractivity contribution < 1.29 is 26.7 Å². The number of aromatic nitrogens is 4. The molecule has 1 aliphatic heterocycles. The largest absolute Gasteiger partial charge is 0.381 e. The summed E-state index contributed by atoms with van der Waals surface area (Å²) in [5.41, 5.74) is 0.673. The Labute approximate surface area is 189 Å². The predicted molar refractivity (Wildman–Crippen MR) is 116 cm³/mol. The zero-order valence-corrected chi connectivity index (χ0v) is 19.1. The maximum Gasteiger partial charge on any atom is 0.302 e. The first kappa shape index (κ1) is 23.3. The molecule has 0 atom stereocenters. The van der Waals surface area contributed by atoms with E-state index in [2.05, 4.69) is 15.4 Å². The Hall–Kier alpha value is -2.86. The van der Waals surface area contributed by atoms with E-state index in [1.807, 2.05) is 0 Å². The Morgan fingerprint density at radius 1 is 1.30 bits per heavy atom. The average molecular weight is 482 g/mol. The van der Waals surface area contributed by atoms with Crippen LogP contribution in [0.15, 0.2) is 35.5 Å². The third-order valence-electron chi connectivity index (χ3n) is 5.60. The summed E-state index contributed by atoms with van der Waals surface area (Å²) in [6, 6.07) is 4.08. The van der Waals surface area contributed by atoms with Crippen LogP contribution in [-0.4, -0.2) is 52.8 Å². The van der Waals surface area contributed by atoms with Gasteiger partial charge in [0, 0.05) is 33.2 Å². The van der Waals surface area contributed by atoms with E-state index in [1.165, 1.54) is 22.8 Å². The maximum absolute atomic E-state index is 14.4. The van der Waals surface area contributed by atoms with Gasteiger partial charge in [0.25, 0.3) is 15.9 Å². The Balaban J connectivity index is 1.72. The number of carbonyl (C=O) groups is 1. The molecule has 0 saturated carbocycles. The number of benzene rings is 1. The van der Waals surface area contributed by atoms with Crippen LogP contribution in [0.4, 0.5) is 8.78 Å². The zero-order chi connectivity index (χ0) is 23.8. The van der Waals surface area contributed by atoms with Gasteiger partial charge >= 0.3 is 5.92 Å². The Kier molecular flexibility index (Phi) is 6.23. The molecule has 2 aromatic heterocycles. The lowest BCUT2D eigenvalue weighted by Crippen LogP contribution is -2.24. The van der Waals surface area contributed by atoms with Crippen molar-refractivity contribution in [3.63, 3.8) is 0 Å². The number of imidazole rings is 1. The monoisotopic (exact) mass is 481 g/mol. The average Bonchev–Trinajstić information content (AvgIpc) is 3.40. The number of nitrogens with one attached hydrogen (secondary N) is 1. The second-order valence-corrected chi connectivity index (χ2v) is 9.90. The fraction of sp³-hybridized carbons (Fsp3) is 0.476. The van der Waals surface area contributed by atoms with Gasteiger partial charge in [0.05, 0.1) is 33.9 Å². The number of hydrogen-bond acceptors (Lipinski definition) is 6. The van der Waals surface area contributed by atoms with Gasteiger partial charge in [-0.05, 0) is 43.9 Å². The number of hydrogen-bond donors (Lipinski definition) is 1. The fourth-order valence-corrected chi connectivity index (χ4v) is 5.04. The first-order valence-electron chi connectivity index (χ1n) is 10.7. The van der Waals surface area contributed by atoms with Gasteiger partial charge in [-0.2, -0.15) is 26.4 Å². The molecular formula is C21H25F2N5O4S. The van der Waals surface area contributed by atoms with Gasteiger partial charge in [0.1, 0.15) is 0 Å². The van der Waals surface area contributed by atoms with Crippen molar-refractivity contribution in [2.75, 3.05) is 19.8 Å². The van der Waals surface area contributed by atoms with E-state index < -0.39 is 27.7 Å². The Bertz CT molecular complexity index is 1270. The van der Waals surface area contributed by atoms with E-state index in [-0.39, 0.29) is 21.9 Å². The van der Waals surface area contributed by atoms with Crippen molar-refractivity contribution in [2.45, 2.75) is 44.1 Å². The minimum Gasteiger partial charge on any atom is -0.381 e. The molecule has 1 fully saturated rings. The highest BCUT2D eigenvalue weighted by molar-refractivity contribution is 7.89. The first-order valence-corrected chi connectivity index (χ1v) is 12.1. The second-order valence-electron chi connectivity index (χ2n) is 8.11. The maximum atomic E-state index is 14.4. The van der Waals surface area contributed by atoms with Crippen LogP contribution in [0.3, 0.4) is 0 Å². The van der Waals surface area contributed by atoms with Crippen LogP contribution in [-0.2, 0) is 27.2 Å². The van der Waals surface area contributed by atoms with Gasteiger partial charge in [0.2, 0.25) is 0 Å². The van der Waals surface area contributed by atoms with Crippen LogP contribution in [0.2, 0.25) is 0 Å². The van der Waals surface area contributed by atoms with Crippen LogP contribution < -0.4 is 5.32 Å². The summed E-state index contributed by atoms with van der Waals surface area (Å²) >= 11 is 0. The molecule has 33 heavy (non-hydrogen) atoms. The van der Waals surface area contributed by atoms with Crippen molar-refractivity contribution in [3.8, 4) is 0 Å². The molecular weight excluding hydrogens is 456 g/mol. The van der Waals surface area contributed by atoms with Crippen molar-refractivity contribution in [1.82, 2.24) is 24.1 Å². The lowest BCUT2D eigenvalue weighted by Gasteiger charge is -2.24. The van der Waals surface area contributed by atoms with Crippen molar-refractivity contribution in [1.29, 1.82) is 0 Å². The van der Waals surface area contributed by atoms with Gasteiger partial charge < -0.3 is 14.6 Å². The van der Waals surface area contributed by atoms with Crippen molar-refractivity contribution in [3.05, 3.63) is 42.0 Å². The number of amides is 1. The topological polar surface area (TPSA) is 108 Å². The summed E-state index contributed by atoms with van der Waals surface area (Å²) in [4.78, 5) is 15.9. The normalized spacial score (nSPS) is 15.8. The molecule has 1 saturated heterocycles. The predicted octanol–water partition coefficient (Wildman–Crippen LogP) is 2.76. The van der Waals surface area contributed by atoms with Crippen LogP contribution in [0.25, 0.3) is 11.0 Å². The molecule has 3 heterocycles. The first-order chi connectivity index (χ1) is 15.6. The van der Waals surface area contributed by atoms with Gasteiger partial charge in [-0.1, -0.05) is 0 Å². The minimum atomic E-state index is -4.15. The molecule has 9 nitrogen and oxygen atoms in total. The van der Waals surface area contributed by atoms with E-state index >= 15 is 0 Å². The summed E-state index contributed by atoms with van der Waals surface area (Å²) in [6.07, 6.45) is 3.78. The standard InChI is InChI=1S/C21H25F2N5O4S/c1-3-24-19(29)15-11-25-28(13-15)33(30,31)16-4-5-18-17(10-16)26-20(21(2,22)23)27(18)12-14-6-8-32-9-7-14/h4-5,10-11,13-14H,3,6-9,12H2,1-2H3,(H,24,29). The van der Waals surface area contributed by atoms with E-state index in [1.54, 1.807) is 6.92 Å². The number of alkyl halides is 2.